The summed E-state index contributed by atoms with van der Waals surface area (Å²) in [6.45, 7) is 3.35. The fourth-order valence-corrected chi connectivity index (χ4v) is 5.32. The van der Waals surface area contributed by atoms with E-state index in [0.717, 1.165) is 44.9 Å². The number of rotatable bonds is 6. The van der Waals surface area contributed by atoms with Gasteiger partial charge < -0.3 is 10.5 Å². The van der Waals surface area contributed by atoms with Crippen LogP contribution in [0.25, 0.3) is 0 Å². The Hall–Kier alpha value is -0.170. The minimum absolute atomic E-state index is 0.106. The van der Waals surface area contributed by atoms with Crippen LogP contribution in [-0.4, -0.2) is 49.8 Å². The minimum Gasteiger partial charge on any atom is -0.377 e. The molecule has 0 aromatic heterocycles. The van der Waals surface area contributed by atoms with Crippen LogP contribution < -0.4 is 5.73 Å². The molecule has 0 spiro atoms. The molecule has 118 valence electrons. The van der Waals surface area contributed by atoms with Crippen LogP contribution in [0.5, 0.6) is 0 Å². The number of hydrogen-bond donors (Lipinski definition) is 1. The monoisotopic (exact) mass is 304 g/mol. The van der Waals surface area contributed by atoms with Crippen molar-refractivity contribution in [3.63, 3.8) is 0 Å². The van der Waals surface area contributed by atoms with Crippen molar-refractivity contribution in [3.8, 4) is 0 Å². The van der Waals surface area contributed by atoms with Crippen molar-refractivity contribution in [3.05, 3.63) is 0 Å². The Bertz CT molecular complexity index is 385. The zero-order valence-corrected chi connectivity index (χ0v) is 13.3. The third kappa shape index (κ3) is 4.16. The number of ether oxygens (including phenoxy) is 1. The Morgan fingerprint density at radius 1 is 1.20 bits per heavy atom. The largest absolute Gasteiger partial charge is 0.377 e. The predicted octanol–water partition coefficient (Wildman–Crippen LogP) is 1.48. The molecule has 2 aliphatic rings. The minimum atomic E-state index is -3.22. The maximum atomic E-state index is 12.7. The average Bonchev–Trinajstić information content (AvgIpc) is 2.89. The highest BCUT2D eigenvalue weighted by Crippen LogP contribution is 2.26. The van der Waals surface area contributed by atoms with Crippen LogP contribution in [0.15, 0.2) is 0 Å². The quantitative estimate of drug-likeness (QED) is 0.806. The van der Waals surface area contributed by atoms with Crippen molar-refractivity contribution >= 4 is 10.0 Å². The predicted molar refractivity (Wildman–Crippen MR) is 80.0 cm³/mol. The zero-order chi connectivity index (χ0) is 14.6. The van der Waals surface area contributed by atoms with Crippen LogP contribution in [0.4, 0.5) is 0 Å². The van der Waals surface area contributed by atoms with Crippen molar-refractivity contribution in [1.29, 1.82) is 0 Å². The van der Waals surface area contributed by atoms with Gasteiger partial charge in [0.1, 0.15) is 0 Å². The van der Waals surface area contributed by atoms with E-state index in [4.69, 9.17) is 10.5 Å². The SMILES string of the molecule is CCCN(C1CCC(N)CC1)S(=O)(=O)CC1CCCO1. The fourth-order valence-electron chi connectivity index (χ4n) is 3.27. The second kappa shape index (κ2) is 7.20. The van der Waals surface area contributed by atoms with Crippen LogP contribution in [-0.2, 0) is 14.8 Å². The van der Waals surface area contributed by atoms with Crippen LogP contribution in [0.2, 0.25) is 0 Å². The molecule has 5 nitrogen and oxygen atoms in total. The molecular formula is C14H28N2O3S. The molecule has 2 rings (SSSR count). The molecule has 1 saturated carbocycles. The van der Waals surface area contributed by atoms with Crippen LogP contribution in [0, 0.1) is 0 Å². The van der Waals surface area contributed by atoms with Crippen molar-refractivity contribution in [1.82, 2.24) is 4.31 Å². The first-order valence-corrected chi connectivity index (χ1v) is 9.50. The maximum absolute atomic E-state index is 12.7. The Balaban J connectivity index is 2.01. The third-order valence-corrected chi connectivity index (χ3v) is 6.36. The second-order valence-corrected chi connectivity index (χ2v) is 8.06. The van der Waals surface area contributed by atoms with E-state index < -0.39 is 10.0 Å². The van der Waals surface area contributed by atoms with Crippen molar-refractivity contribution in [2.24, 2.45) is 5.73 Å². The lowest BCUT2D eigenvalue weighted by Crippen LogP contribution is -2.46. The van der Waals surface area contributed by atoms with E-state index in [1.165, 1.54) is 0 Å². The van der Waals surface area contributed by atoms with Gasteiger partial charge in [-0.25, -0.2) is 8.42 Å². The maximum Gasteiger partial charge on any atom is 0.216 e. The van der Waals surface area contributed by atoms with Crippen LogP contribution in [0.1, 0.15) is 51.9 Å². The van der Waals surface area contributed by atoms with Gasteiger partial charge in [0.15, 0.2) is 0 Å². The molecular weight excluding hydrogens is 276 g/mol. The lowest BCUT2D eigenvalue weighted by atomic mass is 9.92. The topological polar surface area (TPSA) is 72.6 Å². The molecule has 0 bridgehead atoms. The summed E-state index contributed by atoms with van der Waals surface area (Å²) in [7, 11) is -3.22. The molecule has 2 fully saturated rings. The molecule has 2 N–H and O–H groups in total. The van der Waals surface area contributed by atoms with Crippen molar-refractivity contribution in [2.45, 2.75) is 70.1 Å². The molecule has 0 aromatic carbocycles. The summed E-state index contributed by atoms with van der Waals surface area (Å²) in [5.74, 6) is 0.148. The average molecular weight is 304 g/mol. The Labute approximate surface area is 122 Å². The van der Waals surface area contributed by atoms with Gasteiger partial charge in [-0.3, -0.25) is 0 Å². The Morgan fingerprint density at radius 2 is 1.90 bits per heavy atom. The summed E-state index contributed by atoms with van der Waals surface area (Å²) in [6.07, 6.45) is 6.25. The highest BCUT2D eigenvalue weighted by atomic mass is 32.2. The number of hydrogen-bond acceptors (Lipinski definition) is 4. The molecule has 1 atom stereocenters. The summed E-state index contributed by atoms with van der Waals surface area (Å²) >= 11 is 0. The van der Waals surface area contributed by atoms with E-state index in [0.29, 0.717) is 13.2 Å². The first-order chi connectivity index (χ1) is 9.53. The zero-order valence-electron chi connectivity index (χ0n) is 12.5. The van der Waals surface area contributed by atoms with E-state index in [9.17, 15) is 8.42 Å². The van der Waals surface area contributed by atoms with Gasteiger partial charge in [0, 0.05) is 25.2 Å². The molecule has 1 unspecified atom stereocenters. The first kappa shape index (κ1) is 16.2. The van der Waals surface area contributed by atoms with Gasteiger partial charge in [0.2, 0.25) is 10.0 Å². The normalized spacial score (nSPS) is 31.9. The molecule has 1 saturated heterocycles. The smallest absolute Gasteiger partial charge is 0.216 e. The Morgan fingerprint density at radius 3 is 2.45 bits per heavy atom. The van der Waals surface area contributed by atoms with Crippen molar-refractivity contribution < 1.29 is 13.2 Å². The lowest BCUT2D eigenvalue weighted by Gasteiger charge is -2.35. The molecule has 0 radical (unpaired) electrons. The van der Waals surface area contributed by atoms with Crippen molar-refractivity contribution in [2.75, 3.05) is 18.9 Å². The first-order valence-electron chi connectivity index (χ1n) is 7.89. The van der Waals surface area contributed by atoms with E-state index >= 15 is 0 Å². The Kier molecular flexibility index (Phi) is 5.84. The molecule has 1 aliphatic heterocycles. The summed E-state index contributed by atoms with van der Waals surface area (Å²) < 4.78 is 32.6. The molecule has 1 aliphatic carbocycles. The molecule has 0 aromatic rings. The number of nitrogens with zero attached hydrogens (tertiary/aromatic N) is 1. The summed E-state index contributed by atoms with van der Waals surface area (Å²) in [5, 5.41) is 0. The molecule has 20 heavy (non-hydrogen) atoms. The van der Waals surface area contributed by atoms with E-state index in [2.05, 4.69) is 0 Å². The van der Waals surface area contributed by atoms with Crippen LogP contribution >= 0.6 is 0 Å². The summed E-state index contributed by atoms with van der Waals surface area (Å²) in [6, 6.07) is 0.386. The van der Waals surface area contributed by atoms with Gasteiger partial charge in [-0.05, 0) is 44.9 Å². The van der Waals surface area contributed by atoms with E-state index in [1.54, 1.807) is 4.31 Å². The van der Waals surface area contributed by atoms with E-state index in [-0.39, 0.29) is 23.9 Å². The second-order valence-electron chi connectivity index (χ2n) is 6.09. The molecule has 0 amide bonds. The van der Waals surface area contributed by atoms with Gasteiger partial charge in [-0.1, -0.05) is 6.92 Å². The number of nitrogens with two attached hydrogens (primary N) is 1. The van der Waals surface area contributed by atoms with Gasteiger partial charge in [-0.15, -0.1) is 0 Å². The third-order valence-electron chi connectivity index (χ3n) is 4.37. The van der Waals surface area contributed by atoms with Gasteiger partial charge in [0.05, 0.1) is 11.9 Å². The van der Waals surface area contributed by atoms with Gasteiger partial charge >= 0.3 is 0 Å². The molecule has 6 heteroatoms. The highest BCUT2D eigenvalue weighted by molar-refractivity contribution is 7.89. The van der Waals surface area contributed by atoms with Crippen LogP contribution in [0.3, 0.4) is 0 Å². The lowest BCUT2D eigenvalue weighted by molar-refractivity contribution is 0.125. The number of sulfonamides is 1. The highest BCUT2D eigenvalue weighted by Gasteiger charge is 2.34. The summed E-state index contributed by atoms with van der Waals surface area (Å²) in [4.78, 5) is 0. The van der Waals surface area contributed by atoms with Gasteiger partial charge in [0.25, 0.3) is 0 Å². The standard InChI is InChI=1S/C14H28N2O3S/c1-2-9-16(13-7-5-12(15)6-8-13)20(17,18)11-14-4-3-10-19-14/h12-14H,2-11,15H2,1H3. The summed E-state index contributed by atoms with van der Waals surface area (Å²) in [5.41, 5.74) is 5.92. The molecule has 1 heterocycles. The van der Waals surface area contributed by atoms with Gasteiger partial charge in [-0.2, -0.15) is 4.31 Å². The van der Waals surface area contributed by atoms with E-state index in [1.807, 2.05) is 6.92 Å². The fraction of sp³-hybridized carbons (Fsp3) is 1.00.